The van der Waals surface area contributed by atoms with E-state index in [1.165, 1.54) is 0 Å². The molecule has 2 heterocycles. The average Bonchev–Trinajstić information content (AvgIpc) is 3.05. The number of β-amino-alcohol motifs (C(OH)–C–C–N with tert-alkyl or cyclic N) is 1. The van der Waals surface area contributed by atoms with Crippen molar-refractivity contribution in [3.8, 4) is 0 Å². The second-order valence-corrected chi connectivity index (χ2v) is 7.57. The number of aliphatic hydroxyl groups excluding tert-OH is 1. The standard InChI is InChI=1S/C23H27N3O2/c1-24-16-19(20-9-5-6-10-21(20)24)15-23(28)26-13-11-25(12-14-26)17-22(27)18-7-3-2-4-8-18/h2-10,16,22,27H,11-15,17H2,1H3. The monoisotopic (exact) mass is 377 g/mol. The molecule has 0 spiro atoms. The SMILES string of the molecule is Cn1cc(CC(=O)N2CCN(CC(O)c3ccccc3)CC2)c2ccccc21. The lowest BCUT2D eigenvalue weighted by molar-refractivity contribution is -0.132. The fourth-order valence-corrected chi connectivity index (χ4v) is 4.05. The average molecular weight is 377 g/mol. The van der Waals surface area contributed by atoms with Gasteiger partial charge in [0.25, 0.3) is 0 Å². The van der Waals surface area contributed by atoms with Crippen LogP contribution in [0.2, 0.25) is 0 Å². The van der Waals surface area contributed by atoms with Crippen molar-refractivity contribution in [1.29, 1.82) is 0 Å². The number of nitrogens with zero attached hydrogens (tertiary/aromatic N) is 3. The van der Waals surface area contributed by atoms with Crippen molar-refractivity contribution in [2.45, 2.75) is 12.5 Å². The van der Waals surface area contributed by atoms with Crippen LogP contribution in [-0.2, 0) is 18.3 Å². The molecular formula is C23H27N3O2. The molecule has 1 N–H and O–H groups in total. The van der Waals surface area contributed by atoms with E-state index in [2.05, 4.69) is 27.8 Å². The first kappa shape index (κ1) is 18.7. The summed E-state index contributed by atoms with van der Waals surface area (Å²) in [4.78, 5) is 17.0. The van der Waals surface area contributed by atoms with E-state index in [-0.39, 0.29) is 5.91 Å². The Hall–Kier alpha value is -2.63. The number of amides is 1. The number of para-hydroxylation sites is 1. The van der Waals surface area contributed by atoms with Gasteiger partial charge in [0.05, 0.1) is 12.5 Å². The van der Waals surface area contributed by atoms with Gasteiger partial charge in [-0.1, -0.05) is 48.5 Å². The highest BCUT2D eigenvalue weighted by atomic mass is 16.3. The summed E-state index contributed by atoms with van der Waals surface area (Å²) in [5, 5.41) is 11.6. The molecule has 1 unspecified atom stereocenters. The lowest BCUT2D eigenvalue weighted by atomic mass is 10.1. The molecule has 1 saturated heterocycles. The van der Waals surface area contributed by atoms with E-state index in [4.69, 9.17) is 0 Å². The Kier molecular flexibility index (Phi) is 5.46. The molecule has 2 aromatic carbocycles. The van der Waals surface area contributed by atoms with Crippen molar-refractivity contribution in [3.05, 3.63) is 71.9 Å². The second kappa shape index (κ2) is 8.17. The molecule has 1 fully saturated rings. The summed E-state index contributed by atoms with van der Waals surface area (Å²) in [7, 11) is 2.02. The highest BCUT2D eigenvalue weighted by molar-refractivity contribution is 5.89. The van der Waals surface area contributed by atoms with Gasteiger partial charge < -0.3 is 14.6 Å². The first-order valence-corrected chi connectivity index (χ1v) is 9.88. The molecule has 1 aliphatic rings. The Bertz CT molecular complexity index is 943. The fraction of sp³-hybridized carbons (Fsp3) is 0.348. The van der Waals surface area contributed by atoms with Gasteiger partial charge in [-0.3, -0.25) is 9.69 Å². The van der Waals surface area contributed by atoms with Crippen LogP contribution in [0, 0.1) is 0 Å². The van der Waals surface area contributed by atoms with Crippen LogP contribution >= 0.6 is 0 Å². The van der Waals surface area contributed by atoms with Crippen LogP contribution in [-0.4, -0.2) is 58.1 Å². The van der Waals surface area contributed by atoms with Gasteiger partial charge in [-0.25, -0.2) is 0 Å². The number of benzene rings is 2. The Morgan fingerprint density at radius 3 is 2.43 bits per heavy atom. The predicted octanol–water partition coefficient (Wildman–Crippen LogP) is 2.60. The normalized spacial score (nSPS) is 16.4. The molecule has 4 rings (SSSR count). The van der Waals surface area contributed by atoms with Gasteiger partial charge in [0.2, 0.25) is 5.91 Å². The summed E-state index contributed by atoms with van der Waals surface area (Å²) in [6.07, 6.45) is 2.02. The van der Waals surface area contributed by atoms with E-state index in [0.717, 1.165) is 35.1 Å². The van der Waals surface area contributed by atoms with Crippen molar-refractivity contribution in [2.75, 3.05) is 32.7 Å². The maximum Gasteiger partial charge on any atom is 0.227 e. The summed E-state index contributed by atoms with van der Waals surface area (Å²) in [6.45, 7) is 3.63. The third-order valence-corrected chi connectivity index (χ3v) is 5.66. The zero-order valence-electron chi connectivity index (χ0n) is 16.3. The number of hydrogen-bond donors (Lipinski definition) is 1. The summed E-state index contributed by atoms with van der Waals surface area (Å²) < 4.78 is 2.08. The zero-order chi connectivity index (χ0) is 19.5. The molecule has 146 valence electrons. The van der Waals surface area contributed by atoms with E-state index >= 15 is 0 Å². The lowest BCUT2D eigenvalue weighted by Crippen LogP contribution is -2.50. The molecule has 1 aliphatic heterocycles. The minimum Gasteiger partial charge on any atom is -0.387 e. The van der Waals surface area contributed by atoms with Crippen molar-refractivity contribution in [2.24, 2.45) is 7.05 Å². The van der Waals surface area contributed by atoms with Crippen molar-refractivity contribution >= 4 is 16.8 Å². The van der Waals surface area contributed by atoms with Crippen molar-refractivity contribution < 1.29 is 9.90 Å². The molecule has 1 aromatic heterocycles. The van der Waals surface area contributed by atoms with Crippen LogP contribution in [0.4, 0.5) is 0 Å². The van der Waals surface area contributed by atoms with E-state index < -0.39 is 6.10 Å². The predicted molar refractivity (Wildman–Crippen MR) is 111 cm³/mol. The summed E-state index contributed by atoms with van der Waals surface area (Å²) in [5.41, 5.74) is 3.19. The molecule has 1 atom stereocenters. The van der Waals surface area contributed by atoms with E-state index in [1.54, 1.807) is 0 Å². The van der Waals surface area contributed by atoms with Crippen LogP contribution in [0.3, 0.4) is 0 Å². The number of carbonyl (C=O) groups is 1. The number of fused-ring (bicyclic) bond motifs is 1. The van der Waals surface area contributed by atoms with Crippen LogP contribution in [0.15, 0.2) is 60.8 Å². The summed E-state index contributed by atoms with van der Waals surface area (Å²) in [6, 6.07) is 18.0. The third kappa shape index (κ3) is 3.96. The minimum atomic E-state index is -0.487. The molecule has 0 radical (unpaired) electrons. The number of carbonyl (C=O) groups excluding carboxylic acids is 1. The molecule has 0 saturated carbocycles. The number of aryl methyl sites for hydroxylation is 1. The maximum absolute atomic E-state index is 12.8. The van der Waals surface area contributed by atoms with E-state index in [9.17, 15) is 9.90 Å². The van der Waals surface area contributed by atoms with Crippen LogP contribution in [0.25, 0.3) is 10.9 Å². The quantitative estimate of drug-likeness (QED) is 0.744. The molecule has 0 aliphatic carbocycles. The number of rotatable bonds is 5. The summed E-state index contributed by atoms with van der Waals surface area (Å²) in [5.74, 6) is 0.180. The lowest BCUT2D eigenvalue weighted by Gasteiger charge is -2.35. The number of hydrogen-bond acceptors (Lipinski definition) is 3. The second-order valence-electron chi connectivity index (χ2n) is 7.57. The van der Waals surface area contributed by atoms with Crippen LogP contribution in [0.1, 0.15) is 17.2 Å². The Morgan fingerprint density at radius 2 is 1.68 bits per heavy atom. The van der Waals surface area contributed by atoms with Gasteiger partial charge >= 0.3 is 0 Å². The first-order chi connectivity index (χ1) is 13.6. The van der Waals surface area contributed by atoms with Gasteiger partial charge in [0.1, 0.15) is 0 Å². The summed E-state index contributed by atoms with van der Waals surface area (Å²) >= 11 is 0. The van der Waals surface area contributed by atoms with Crippen LogP contribution in [0.5, 0.6) is 0 Å². The van der Waals surface area contributed by atoms with Gasteiger partial charge in [0, 0.05) is 56.9 Å². The molecule has 3 aromatic rings. The Balaban J connectivity index is 1.33. The highest BCUT2D eigenvalue weighted by Crippen LogP contribution is 2.22. The van der Waals surface area contributed by atoms with Gasteiger partial charge in [-0.05, 0) is 17.2 Å². The third-order valence-electron chi connectivity index (χ3n) is 5.66. The van der Waals surface area contributed by atoms with Gasteiger partial charge in [0.15, 0.2) is 0 Å². The van der Waals surface area contributed by atoms with Crippen LogP contribution < -0.4 is 0 Å². The molecule has 1 amide bonds. The zero-order valence-corrected chi connectivity index (χ0v) is 16.3. The first-order valence-electron chi connectivity index (χ1n) is 9.88. The molecule has 5 nitrogen and oxygen atoms in total. The molecule has 5 heteroatoms. The van der Waals surface area contributed by atoms with Gasteiger partial charge in [-0.15, -0.1) is 0 Å². The highest BCUT2D eigenvalue weighted by Gasteiger charge is 2.23. The number of aromatic nitrogens is 1. The van der Waals surface area contributed by atoms with Crippen molar-refractivity contribution in [1.82, 2.24) is 14.4 Å². The van der Waals surface area contributed by atoms with E-state index in [0.29, 0.717) is 26.1 Å². The smallest absolute Gasteiger partial charge is 0.227 e. The number of piperazine rings is 1. The van der Waals surface area contributed by atoms with Gasteiger partial charge in [-0.2, -0.15) is 0 Å². The van der Waals surface area contributed by atoms with E-state index in [1.807, 2.05) is 54.4 Å². The van der Waals surface area contributed by atoms with Crippen molar-refractivity contribution in [3.63, 3.8) is 0 Å². The topological polar surface area (TPSA) is 48.7 Å². The Morgan fingerprint density at radius 1 is 1.00 bits per heavy atom. The fourth-order valence-electron chi connectivity index (χ4n) is 4.05. The minimum absolute atomic E-state index is 0.180. The maximum atomic E-state index is 12.8. The number of aliphatic hydroxyl groups is 1. The Labute approximate surface area is 165 Å². The molecule has 28 heavy (non-hydrogen) atoms. The molecular weight excluding hydrogens is 350 g/mol. The molecule has 0 bridgehead atoms. The largest absolute Gasteiger partial charge is 0.387 e.